The van der Waals surface area contributed by atoms with Crippen LogP contribution in [-0.2, 0) is 10.0 Å². The number of sulfonamides is 1. The molecule has 0 amide bonds. The molecule has 0 radical (unpaired) electrons. The lowest BCUT2D eigenvalue weighted by Crippen LogP contribution is -2.15. The first-order chi connectivity index (χ1) is 9.79. The topological polar surface area (TPSA) is 63.2 Å². The summed E-state index contributed by atoms with van der Waals surface area (Å²) in [6, 6.07) is 10.9. The monoisotopic (exact) mass is 323 g/mol. The van der Waals surface area contributed by atoms with E-state index >= 15 is 0 Å². The van der Waals surface area contributed by atoms with Crippen LogP contribution in [0.1, 0.15) is 22.8 Å². The molecule has 6 heteroatoms. The summed E-state index contributed by atoms with van der Waals surface area (Å²) in [6.45, 7) is 3.23. The second-order valence-corrected chi connectivity index (χ2v) is 6.78. The van der Waals surface area contributed by atoms with Gasteiger partial charge in [-0.1, -0.05) is 29.3 Å². The first-order valence-electron chi connectivity index (χ1n) is 6.19. The number of hydrogen-bond acceptors (Lipinski definition) is 3. The summed E-state index contributed by atoms with van der Waals surface area (Å²) in [5.74, 6) is -0.265. The molecule has 21 heavy (non-hydrogen) atoms. The smallest absolute Gasteiger partial charge is 0.261 e. The van der Waals surface area contributed by atoms with Crippen LogP contribution in [0.3, 0.4) is 0 Å². The molecule has 0 fully saturated rings. The predicted octanol–water partition coefficient (Wildman–Crippen LogP) is 3.65. The minimum atomic E-state index is -3.74. The van der Waals surface area contributed by atoms with Crippen molar-refractivity contribution >= 4 is 33.1 Å². The van der Waals surface area contributed by atoms with E-state index in [0.717, 1.165) is 5.56 Å². The number of anilines is 1. The fourth-order valence-electron chi connectivity index (χ4n) is 1.82. The number of aryl methyl sites for hydroxylation is 1. The maximum absolute atomic E-state index is 12.3. The average Bonchev–Trinajstić information content (AvgIpc) is 2.41. The minimum Gasteiger partial charge on any atom is -0.294 e. The lowest BCUT2D eigenvalue weighted by molar-refractivity contribution is 0.101. The molecular weight excluding hydrogens is 310 g/mol. The van der Waals surface area contributed by atoms with E-state index in [-0.39, 0.29) is 21.9 Å². The number of halogens is 1. The molecule has 0 bridgehead atoms. The Hall–Kier alpha value is -1.85. The van der Waals surface area contributed by atoms with Crippen molar-refractivity contribution in [1.82, 2.24) is 0 Å². The van der Waals surface area contributed by atoms with Crippen LogP contribution in [0, 0.1) is 6.92 Å². The largest absolute Gasteiger partial charge is 0.294 e. The molecular formula is C15H14ClNO3S. The number of carbonyl (C=O) groups is 1. The summed E-state index contributed by atoms with van der Waals surface area (Å²) < 4.78 is 27.1. The zero-order chi connectivity index (χ0) is 15.6. The van der Waals surface area contributed by atoms with E-state index in [1.807, 2.05) is 6.92 Å². The van der Waals surface area contributed by atoms with E-state index in [4.69, 9.17) is 11.6 Å². The number of benzene rings is 2. The van der Waals surface area contributed by atoms with Gasteiger partial charge in [0.1, 0.15) is 0 Å². The van der Waals surface area contributed by atoms with E-state index in [0.29, 0.717) is 5.02 Å². The van der Waals surface area contributed by atoms with Crippen molar-refractivity contribution in [3.05, 3.63) is 58.6 Å². The van der Waals surface area contributed by atoms with Gasteiger partial charge in [0, 0.05) is 10.6 Å². The molecule has 0 unspecified atom stereocenters. The Bertz CT molecular complexity index is 783. The number of ketones is 1. The normalized spacial score (nSPS) is 11.2. The molecule has 2 aromatic rings. The maximum atomic E-state index is 12.3. The molecule has 0 spiro atoms. The third-order valence-corrected chi connectivity index (χ3v) is 4.55. The van der Waals surface area contributed by atoms with Crippen LogP contribution in [0.4, 0.5) is 5.69 Å². The fourth-order valence-corrected chi connectivity index (χ4v) is 3.07. The number of rotatable bonds is 4. The van der Waals surface area contributed by atoms with Gasteiger partial charge in [-0.25, -0.2) is 8.42 Å². The van der Waals surface area contributed by atoms with Crippen LogP contribution in [0.15, 0.2) is 47.4 Å². The van der Waals surface area contributed by atoms with E-state index in [9.17, 15) is 13.2 Å². The molecule has 110 valence electrons. The van der Waals surface area contributed by atoms with Crippen molar-refractivity contribution in [1.29, 1.82) is 0 Å². The Morgan fingerprint density at radius 3 is 2.29 bits per heavy atom. The van der Waals surface area contributed by atoms with Crippen molar-refractivity contribution in [2.45, 2.75) is 18.7 Å². The first-order valence-corrected chi connectivity index (χ1v) is 8.06. The number of hydrogen-bond donors (Lipinski definition) is 1. The molecule has 0 aliphatic carbocycles. The Morgan fingerprint density at radius 1 is 1.10 bits per heavy atom. The molecule has 0 heterocycles. The number of nitrogens with one attached hydrogen (secondary N) is 1. The van der Waals surface area contributed by atoms with Crippen LogP contribution < -0.4 is 4.72 Å². The molecule has 4 nitrogen and oxygen atoms in total. The molecule has 0 aliphatic heterocycles. The van der Waals surface area contributed by atoms with Gasteiger partial charge in [-0.2, -0.15) is 0 Å². The molecule has 0 aromatic heterocycles. The van der Waals surface area contributed by atoms with Gasteiger partial charge in [0.15, 0.2) is 5.78 Å². The Morgan fingerprint density at radius 2 is 1.71 bits per heavy atom. The van der Waals surface area contributed by atoms with Gasteiger partial charge in [0.05, 0.1) is 10.6 Å². The highest BCUT2D eigenvalue weighted by Gasteiger charge is 2.17. The minimum absolute atomic E-state index is 0.137. The van der Waals surface area contributed by atoms with E-state index < -0.39 is 10.0 Å². The van der Waals surface area contributed by atoms with Crippen LogP contribution in [0.5, 0.6) is 0 Å². The van der Waals surface area contributed by atoms with Crippen molar-refractivity contribution in [2.75, 3.05) is 4.72 Å². The molecule has 2 rings (SSSR count). The average molecular weight is 324 g/mol. The Balaban J connectivity index is 2.41. The molecule has 0 saturated heterocycles. The zero-order valence-corrected chi connectivity index (χ0v) is 13.1. The molecule has 1 N–H and O–H groups in total. The van der Waals surface area contributed by atoms with Crippen LogP contribution >= 0.6 is 11.6 Å². The lowest BCUT2D eigenvalue weighted by Gasteiger charge is -2.11. The SMILES string of the molecule is CC(=O)c1cc(Cl)ccc1NS(=O)(=O)c1ccc(C)cc1. The van der Waals surface area contributed by atoms with E-state index in [1.54, 1.807) is 12.1 Å². The van der Waals surface area contributed by atoms with Gasteiger partial charge >= 0.3 is 0 Å². The van der Waals surface area contributed by atoms with Crippen LogP contribution in [0.25, 0.3) is 0 Å². The summed E-state index contributed by atoms with van der Waals surface area (Å²) >= 11 is 5.84. The predicted molar refractivity (Wildman–Crippen MR) is 83.4 cm³/mol. The number of carbonyl (C=O) groups excluding carboxylic acids is 1. The van der Waals surface area contributed by atoms with Crippen molar-refractivity contribution in [2.24, 2.45) is 0 Å². The van der Waals surface area contributed by atoms with Gasteiger partial charge in [0.25, 0.3) is 10.0 Å². The fraction of sp³-hybridized carbons (Fsp3) is 0.133. The standard InChI is InChI=1S/C15H14ClNO3S/c1-10-3-6-13(7-4-10)21(19,20)17-15-8-5-12(16)9-14(15)11(2)18/h3-9,17H,1-2H3. The third kappa shape index (κ3) is 3.62. The Labute approximate surface area is 128 Å². The lowest BCUT2D eigenvalue weighted by atomic mass is 10.1. The molecule has 2 aromatic carbocycles. The van der Waals surface area contributed by atoms with Crippen LogP contribution in [-0.4, -0.2) is 14.2 Å². The molecule has 0 atom stereocenters. The maximum Gasteiger partial charge on any atom is 0.261 e. The van der Waals surface area contributed by atoms with E-state index in [1.165, 1.54) is 37.3 Å². The highest BCUT2D eigenvalue weighted by atomic mass is 35.5. The highest BCUT2D eigenvalue weighted by Crippen LogP contribution is 2.24. The quantitative estimate of drug-likeness (QED) is 0.873. The highest BCUT2D eigenvalue weighted by molar-refractivity contribution is 7.92. The Kier molecular flexibility index (Phi) is 4.34. The summed E-state index contributed by atoms with van der Waals surface area (Å²) in [5.41, 5.74) is 1.41. The van der Waals surface area contributed by atoms with Crippen molar-refractivity contribution in [3.63, 3.8) is 0 Å². The van der Waals surface area contributed by atoms with Gasteiger partial charge < -0.3 is 0 Å². The second-order valence-electron chi connectivity index (χ2n) is 4.66. The van der Waals surface area contributed by atoms with Gasteiger partial charge in [-0.05, 0) is 44.2 Å². The second kappa shape index (κ2) is 5.87. The molecule has 0 aliphatic rings. The van der Waals surface area contributed by atoms with Gasteiger partial charge in [-0.15, -0.1) is 0 Å². The third-order valence-electron chi connectivity index (χ3n) is 2.94. The first kappa shape index (κ1) is 15.5. The van der Waals surface area contributed by atoms with E-state index in [2.05, 4.69) is 4.72 Å². The van der Waals surface area contributed by atoms with Crippen LogP contribution in [0.2, 0.25) is 5.02 Å². The van der Waals surface area contributed by atoms with Crippen molar-refractivity contribution in [3.8, 4) is 0 Å². The van der Waals surface area contributed by atoms with Gasteiger partial charge in [0.2, 0.25) is 0 Å². The number of Topliss-reactive ketones (excluding diaryl/α,β-unsaturated/α-hetero) is 1. The summed E-state index contributed by atoms with van der Waals surface area (Å²) in [4.78, 5) is 11.7. The van der Waals surface area contributed by atoms with Crippen molar-refractivity contribution < 1.29 is 13.2 Å². The summed E-state index contributed by atoms with van der Waals surface area (Å²) in [6.07, 6.45) is 0. The molecule has 0 saturated carbocycles. The summed E-state index contributed by atoms with van der Waals surface area (Å²) in [5, 5.41) is 0.374. The zero-order valence-electron chi connectivity index (χ0n) is 11.6. The van der Waals surface area contributed by atoms with Gasteiger partial charge in [-0.3, -0.25) is 9.52 Å². The summed E-state index contributed by atoms with van der Waals surface area (Å²) in [7, 11) is -3.74.